The Morgan fingerprint density at radius 1 is 1.00 bits per heavy atom. The summed E-state index contributed by atoms with van der Waals surface area (Å²) in [6, 6.07) is 16.7. The summed E-state index contributed by atoms with van der Waals surface area (Å²) in [5, 5.41) is 5.99. The Bertz CT molecular complexity index is 898. The second-order valence-electron chi connectivity index (χ2n) is 6.38. The lowest BCUT2D eigenvalue weighted by atomic mass is 10.2. The van der Waals surface area contributed by atoms with E-state index in [4.69, 9.17) is 4.74 Å². The van der Waals surface area contributed by atoms with Gasteiger partial charge in [-0.05, 0) is 38.4 Å². The van der Waals surface area contributed by atoms with Gasteiger partial charge in [0.1, 0.15) is 17.3 Å². The standard InChI is InChI=1S/C21H23N5O2/c1-26(2)13-12-22-20-15-23-18(14-24-20)21(27)25-17-10-6-7-11-19(17)28-16-8-4-3-5-9-16/h3-11,14-15H,12-13H2,1-2H3,(H,22,24)(H,25,27). The molecule has 3 rings (SSSR count). The molecule has 2 aromatic carbocycles. The molecule has 7 heteroatoms. The molecule has 0 atom stereocenters. The zero-order valence-corrected chi connectivity index (χ0v) is 15.9. The number of hydrogen-bond acceptors (Lipinski definition) is 6. The average Bonchev–Trinajstić information content (AvgIpc) is 2.70. The second-order valence-corrected chi connectivity index (χ2v) is 6.38. The number of carbonyl (C=O) groups excluding carboxylic acids is 1. The predicted molar refractivity (Wildman–Crippen MR) is 110 cm³/mol. The summed E-state index contributed by atoms with van der Waals surface area (Å²) in [4.78, 5) is 23.0. The first-order valence-electron chi connectivity index (χ1n) is 8.96. The van der Waals surface area contributed by atoms with E-state index in [9.17, 15) is 4.79 Å². The van der Waals surface area contributed by atoms with Gasteiger partial charge in [-0.2, -0.15) is 0 Å². The molecule has 2 N–H and O–H groups in total. The highest BCUT2D eigenvalue weighted by molar-refractivity contribution is 6.03. The van der Waals surface area contributed by atoms with Gasteiger partial charge in [0.15, 0.2) is 5.75 Å². The molecule has 0 aliphatic rings. The topological polar surface area (TPSA) is 79.4 Å². The fourth-order valence-corrected chi connectivity index (χ4v) is 2.40. The molecule has 0 spiro atoms. The van der Waals surface area contributed by atoms with Gasteiger partial charge in [0.2, 0.25) is 0 Å². The third-order valence-electron chi connectivity index (χ3n) is 3.86. The van der Waals surface area contributed by atoms with E-state index in [1.54, 1.807) is 18.3 Å². The SMILES string of the molecule is CN(C)CCNc1cnc(C(=O)Nc2ccccc2Oc2ccccc2)cn1. The molecule has 0 saturated heterocycles. The molecule has 0 radical (unpaired) electrons. The molecular weight excluding hydrogens is 354 g/mol. The van der Waals surface area contributed by atoms with Crippen LogP contribution in [0.15, 0.2) is 67.0 Å². The quantitative estimate of drug-likeness (QED) is 0.626. The normalized spacial score (nSPS) is 10.5. The Kier molecular flexibility index (Phi) is 6.54. The number of nitrogens with zero attached hydrogens (tertiary/aromatic N) is 3. The lowest BCUT2D eigenvalue weighted by Crippen LogP contribution is -2.21. The van der Waals surface area contributed by atoms with Crippen molar-refractivity contribution in [2.45, 2.75) is 0 Å². The van der Waals surface area contributed by atoms with Crippen LogP contribution in [0.2, 0.25) is 0 Å². The van der Waals surface area contributed by atoms with Crippen LogP contribution in [0.25, 0.3) is 0 Å². The van der Waals surface area contributed by atoms with Crippen molar-refractivity contribution in [1.82, 2.24) is 14.9 Å². The first kappa shape index (κ1) is 19.3. The summed E-state index contributed by atoms with van der Waals surface area (Å²) in [5.74, 6) is 1.52. The van der Waals surface area contributed by atoms with Crippen molar-refractivity contribution < 1.29 is 9.53 Å². The Hall–Kier alpha value is -3.45. The summed E-state index contributed by atoms with van der Waals surface area (Å²) in [7, 11) is 4.00. The van der Waals surface area contributed by atoms with E-state index in [1.165, 1.54) is 6.20 Å². The van der Waals surface area contributed by atoms with Crippen molar-refractivity contribution >= 4 is 17.4 Å². The molecular formula is C21H23N5O2. The Morgan fingerprint density at radius 2 is 1.75 bits per heavy atom. The Balaban J connectivity index is 1.65. The number of para-hydroxylation sites is 3. The van der Waals surface area contributed by atoms with Gasteiger partial charge < -0.3 is 20.3 Å². The third-order valence-corrected chi connectivity index (χ3v) is 3.86. The maximum atomic E-state index is 12.5. The lowest BCUT2D eigenvalue weighted by molar-refractivity contribution is 0.102. The van der Waals surface area contributed by atoms with E-state index < -0.39 is 0 Å². The number of ether oxygens (including phenoxy) is 1. The van der Waals surface area contributed by atoms with E-state index in [-0.39, 0.29) is 11.6 Å². The minimum absolute atomic E-state index is 0.229. The molecule has 28 heavy (non-hydrogen) atoms. The van der Waals surface area contributed by atoms with Crippen molar-refractivity contribution in [3.63, 3.8) is 0 Å². The molecule has 0 saturated carbocycles. The van der Waals surface area contributed by atoms with Crippen LogP contribution in [0.5, 0.6) is 11.5 Å². The number of nitrogens with one attached hydrogen (secondary N) is 2. The van der Waals surface area contributed by atoms with Crippen LogP contribution in [0.3, 0.4) is 0 Å². The van der Waals surface area contributed by atoms with Crippen LogP contribution >= 0.6 is 0 Å². The van der Waals surface area contributed by atoms with Crippen LogP contribution < -0.4 is 15.4 Å². The summed E-state index contributed by atoms with van der Waals surface area (Å²) in [6.07, 6.45) is 3.00. The van der Waals surface area contributed by atoms with Crippen LogP contribution in [0, 0.1) is 0 Å². The van der Waals surface area contributed by atoms with E-state index in [0.717, 1.165) is 13.1 Å². The highest BCUT2D eigenvalue weighted by Crippen LogP contribution is 2.29. The Morgan fingerprint density at radius 3 is 2.46 bits per heavy atom. The number of benzene rings is 2. The van der Waals surface area contributed by atoms with Gasteiger partial charge in [0.25, 0.3) is 5.91 Å². The monoisotopic (exact) mass is 377 g/mol. The molecule has 144 valence electrons. The maximum absolute atomic E-state index is 12.5. The second kappa shape index (κ2) is 9.48. The van der Waals surface area contributed by atoms with Crippen molar-refractivity contribution in [2.24, 2.45) is 0 Å². The Labute approximate surface area is 164 Å². The number of likely N-dealkylation sites (N-methyl/N-ethyl adjacent to an activating group) is 1. The van der Waals surface area contributed by atoms with Crippen LogP contribution in [-0.4, -0.2) is 48.0 Å². The number of hydrogen-bond donors (Lipinski definition) is 2. The molecule has 1 amide bonds. The predicted octanol–water partition coefficient (Wildman–Crippen LogP) is 3.49. The largest absolute Gasteiger partial charge is 0.455 e. The molecule has 3 aromatic rings. The van der Waals surface area contributed by atoms with Crippen LogP contribution in [-0.2, 0) is 0 Å². The van der Waals surface area contributed by atoms with Crippen molar-refractivity contribution in [3.8, 4) is 11.5 Å². The molecule has 0 unspecified atom stereocenters. The van der Waals surface area contributed by atoms with E-state index in [1.807, 2.05) is 56.6 Å². The molecule has 7 nitrogen and oxygen atoms in total. The van der Waals surface area contributed by atoms with Gasteiger partial charge in [-0.15, -0.1) is 0 Å². The van der Waals surface area contributed by atoms with Crippen molar-refractivity contribution in [2.75, 3.05) is 37.8 Å². The smallest absolute Gasteiger partial charge is 0.275 e. The number of carbonyl (C=O) groups is 1. The summed E-state index contributed by atoms with van der Waals surface area (Å²) >= 11 is 0. The fourth-order valence-electron chi connectivity index (χ4n) is 2.40. The highest BCUT2D eigenvalue weighted by atomic mass is 16.5. The van der Waals surface area contributed by atoms with Gasteiger partial charge >= 0.3 is 0 Å². The number of rotatable bonds is 8. The maximum Gasteiger partial charge on any atom is 0.275 e. The summed E-state index contributed by atoms with van der Waals surface area (Å²) in [5.41, 5.74) is 0.791. The minimum Gasteiger partial charge on any atom is -0.455 e. The van der Waals surface area contributed by atoms with E-state index in [0.29, 0.717) is 23.0 Å². The van der Waals surface area contributed by atoms with Crippen molar-refractivity contribution in [1.29, 1.82) is 0 Å². The zero-order valence-electron chi connectivity index (χ0n) is 15.9. The van der Waals surface area contributed by atoms with E-state index >= 15 is 0 Å². The van der Waals surface area contributed by atoms with Crippen LogP contribution in [0.1, 0.15) is 10.5 Å². The molecule has 0 aliphatic heterocycles. The average molecular weight is 377 g/mol. The number of amides is 1. The zero-order chi connectivity index (χ0) is 19.8. The van der Waals surface area contributed by atoms with E-state index in [2.05, 4.69) is 25.5 Å². The first-order valence-corrected chi connectivity index (χ1v) is 8.96. The minimum atomic E-state index is -0.351. The lowest BCUT2D eigenvalue weighted by Gasteiger charge is -2.12. The van der Waals surface area contributed by atoms with Gasteiger partial charge in [-0.1, -0.05) is 30.3 Å². The number of aromatic nitrogens is 2. The third kappa shape index (κ3) is 5.52. The molecule has 0 aliphatic carbocycles. The number of anilines is 2. The van der Waals surface area contributed by atoms with Gasteiger partial charge in [0, 0.05) is 13.1 Å². The van der Waals surface area contributed by atoms with Gasteiger partial charge in [0.05, 0.1) is 18.1 Å². The molecule has 0 fully saturated rings. The highest BCUT2D eigenvalue weighted by Gasteiger charge is 2.12. The van der Waals surface area contributed by atoms with Crippen molar-refractivity contribution in [3.05, 3.63) is 72.7 Å². The van der Waals surface area contributed by atoms with Gasteiger partial charge in [-0.3, -0.25) is 4.79 Å². The molecule has 0 bridgehead atoms. The molecule has 1 heterocycles. The van der Waals surface area contributed by atoms with Crippen LogP contribution in [0.4, 0.5) is 11.5 Å². The van der Waals surface area contributed by atoms with Gasteiger partial charge in [-0.25, -0.2) is 9.97 Å². The molecule has 1 aromatic heterocycles. The summed E-state index contributed by atoms with van der Waals surface area (Å²) in [6.45, 7) is 1.62. The first-order chi connectivity index (χ1) is 13.6. The summed E-state index contributed by atoms with van der Waals surface area (Å²) < 4.78 is 5.86. The fraction of sp³-hybridized carbons (Fsp3) is 0.190.